The van der Waals surface area contributed by atoms with Crippen LogP contribution in [-0.2, 0) is 6.42 Å². The van der Waals surface area contributed by atoms with Gasteiger partial charge in [-0.05, 0) is 43.9 Å². The number of pyridine rings is 1. The highest BCUT2D eigenvalue weighted by Crippen LogP contribution is 2.29. The fourth-order valence-corrected chi connectivity index (χ4v) is 2.89. The summed E-state index contributed by atoms with van der Waals surface area (Å²) in [6.45, 7) is 0. The quantitative estimate of drug-likeness (QED) is 0.815. The van der Waals surface area contributed by atoms with Crippen LogP contribution in [0, 0.1) is 5.92 Å². The summed E-state index contributed by atoms with van der Waals surface area (Å²) in [5.74, 6) is 1.000. The minimum absolute atomic E-state index is 0.611. The fourth-order valence-electron chi connectivity index (χ4n) is 2.89. The van der Waals surface area contributed by atoms with Gasteiger partial charge >= 0.3 is 0 Å². The lowest BCUT2D eigenvalue weighted by molar-refractivity contribution is 0.418. The first kappa shape index (κ1) is 12.6. The molecule has 0 aliphatic heterocycles. The molecule has 1 heterocycles. The molecule has 1 saturated carbocycles. The van der Waals surface area contributed by atoms with E-state index in [9.17, 15) is 0 Å². The van der Waals surface area contributed by atoms with Crippen LogP contribution in [0.25, 0.3) is 0 Å². The molecule has 0 aromatic carbocycles. The van der Waals surface area contributed by atoms with E-state index < -0.39 is 0 Å². The van der Waals surface area contributed by atoms with E-state index in [0.29, 0.717) is 6.04 Å². The normalized spacial score (nSPS) is 18.4. The zero-order valence-corrected chi connectivity index (χ0v) is 10.9. The van der Waals surface area contributed by atoms with Crippen molar-refractivity contribution in [2.24, 2.45) is 5.92 Å². The fraction of sp³-hybridized carbons (Fsp3) is 0.667. The van der Waals surface area contributed by atoms with E-state index in [4.69, 9.17) is 0 Å². The van der Waals surface area contributed by atoms with E-state index in [1.807, 2.05) is 18.5 Å². The molecular formula is C15H24N2. The van der Waals surface area contributed by atoms with Gasteiger partial charge in [-0.15, -0.1) is 0 Å². The maximum absolute atomic E-state index is 4.18. The van der Waals surface area contributed by atoms with Crippen molar-refractivity contribution in [1.82, 2.24) is 10.3 Å². The third-order valence-electron chi connectivity index (χ3n) is 4.01. The van der Waals surface area contributed by atoms with Gasteiger partial charge in [-0.25, -0.2) is 0 Å². The molecule has 2 heteroatoms. The van der Waals surface area contributed by atoms with Crippen LogP contribution in [0.4, 0.5) is 0 Å². The van der Waals surface area contributed by atoms with Gasteiger partial charge < -0.3 is 5.32 Å². The standard InChI is InChI=1S/C15H24N2/c1-16-15(9-8-13-5-2-3-6-13)11-14-7-4-10-17-12-14/h4,7,10,12-13,15-16H,2-3,5-6,8-9,11H2,1H3. The summed E-state index contributed by atoms with van der Waals surface area (Å²) in [6.07, 6.45) is 13.5. The monoisotopic (exact) mass is 232 g/mol. The van der Waals surface area contributed by atoms with Crippen LogP contribution in [0.15, 0.2) is 24.5 Å². The Morgan fingerprint density at radius 1 is 1.41 bits per heavy atom. The zero-order chi connectivity index (χ0) is 11.9. The Hall–Kier alpha value is -0.890. The van der Waals surface area contributed by atoms with Gasteiger partial charge in [0.2, 0.25) is 0 Å². The predicted molar refractivity (Wildman–Crippen MR) is 72.0 cm³/mol. The van der Waals surface area contributed by atoms with Gasteiger partial charge in [-0.3, -0.25) is 4.98 Å². The van der Waals surface area contributed by atoms with Gasteiger partial charge in [-0.2, -0.15) is 0 Å². The molecule has 2 nitrogen and oxygen atoms in total. The van der Waals surface area contributed by atoms with Crippen molar-refractivity contribution in [2.45, 2.75) is 51.0 Å². The van der Waals surface area contributed by atoms with Gasteiger partial charge in [0, 0.05) is 18.4 Å². The number of rotatable bonds is 6. The molecule has 1 aliphatic rings. The molecule has 0 bridgehead atoms. The Morgan fingerprint density at radius 2 is 2.24 bits per heavy atom. The molecule has 17 heavy (non-hydrogen) atoms. The van der Waals surface area contributed by atoms with Crippen LogP contribution < -0.4 is 5.32 Å². The van der Waals surface area contributed by atoms with Crippen LogP contribution in [0.5, 0.6) is 0 Å². The minimum Gasteiger partial charge on any atom is -0.317 e. The van der Waals surface area contributed by atoms with Crippen LogP contribution >= 0.6 is 0 Å². The summed E-state index contributed by atoms with van der Waals surface area (Å²) < 4.78 is 0. The molecule has 2 rings (SSSR count). The van der Waals surface area contributed by atoms with E-state index in [-0.39, 0.29) is 0 Å². The third-order valence-corrected chi connectivity index (χ3v) is 4.01. The molecule has 1 aromatic rings. The number of nitrogens with one attached hydrogen (secondary N) is 1. The summed E-state index contributed by atoms with van der Waals surface area (Å²) in [7, 11) is 2.08. The first-order valence-electron chi connectivity index (χ1n) is 6.94. The van der Waals surface area contributed by atoms with Crippen molar-refractivity contribution in [3.05, 3.63) is 30.1 Å². The summed E-state index contributed by atoms with van der Waals surface area (Å²) >= 11 is 0. The van der Waals surface area contributed by atoms with E-state index in [0.717, 1.165) is 12.3 Å². The Labute approximate surface area is 105 Å². The molecule has 0 amide bonds. The van der Waals surface area contributed by atoms with Crippen molar-refractivity contribution in [3.63, 3.8) is 0 Å². The maximum Gasteiger partial charge on any atom is 0.0300 e. The Bertz CT molecular complexity index is 304. The Morgan fingerprint density at radius 3 is 2.88 bits per heavy atom. The number of hydrogen-bond donors (Lipinski definition) is 1. The number of nitrogens with zero attached hydrogens (tertiary/aromatic N) is 1. The summed E-state index contributed by atoms with van der Waals surface area (Å²) in [5.41, 5.74) is 1.35. The second-order valence-corrected chi connectivity index (χ2v) is 5.28. The zero-order valence-electron chi connectivity index (χ0n) is 10.9. The summed E-state index contributed by atoms with van der Waals surface area (Å²) in [6, 6.07) is 4.81. The lowest BCUT2D eigenvalue weighted by Gasteiger charge is -2.18. The lowest BCUT2D eigenvalue weighted by atomic mass is 9.95. The van der Waals surface area contributed by atoms with Crippen LogP contribution in [0.2, 0.25) is 0 Å². The van der Waals surface area contributed by atoms with E-state index in [2.05, 4.69) is 23.4 Å². The Kier molecular flexibility index (Phi) is 4.99. The van der Waals surface area contributed by atoms with Crippen LogP contribution in [0.1, 0.15) is 44.1 Å². The van der Waals surface area contributed by atoms with Crippen LogP contribution in [0.3, 0.4) is 0 Å². The topological polar surface area (TPSA) is 24.9 Å². The molecule has 0 saturated heterocycles. The minimum atomic E-state index is 0.611. The molecule has 1 aromatic heterocycles. The van der Waals surface area contributed by atoms with Crippen molar-refractivity contribution >= 4 is 0 Å². The SMILES string of the molecule is CNC(CCC1CCCC1)Cc1cccnc1. The summed E-state index contributed by atoms with van der Waals surface area (Å²) in [4.78, 5) is 4.18. The maximum atomic E-state index is 4.18. The van der Waals surface area contributed by atoms with Gasteiger partial charge in [0.25, 0.3) is 0 Å². The van der Waals surface area contributed by atoms with Crippen molar-refractivity contribution in [1.29, 1.82) is 0 Å². The highest BCUT2D eigenvalue weighted by molar-refractivity contribution is 5.10. The van der Waals surface area contributed by atoms with Crippen molar-refractivity contribution in [2.75, 3.05) is 7.05 Å². The largest absolute Gasteiger partial charge is 0.317 e. The van der Waals surface area contributed by atoms with Crippen molar-refractivity contribution in [3.8, 4) is 0 Å². The second-order valence-electron chi connectivity index (χ2n) is 5.28. The van der Waals surface area contributed by atoms with Gasteiger partial charge in [0.05, 0.1) is 0 Å². The first-order valence-corrected chi connectivity index (χ1v) is 6.94. The summed E-state index contributed by atoms with van der Waals surface area (Å²) in [5, 5.41) is 3.45. The third kappa shape index (κ3) is 4.12. The molecule has 1 unspecified atom stereocenters. The number of likely N-dealkylation sites (N-methyl/N-ethyl adjacent to an activating group) is 1. The lowest BCUT2D eigenvalue weighted by Crippen LogP contribution is -2.28. The van der Waals surface area contributed by atoms with E-state index in [1.54, 1.807) is 0 Å². The van der Waals surface area contributed by atoms with Gasteiger partial charge in [0.15, 0.2) is 0 Å². The molecule has 0 radical (unpaired) electrons. The molecule has 1 atom stereocenters. The molecular weight excluding hydrogens is 208 g/mol. The molecule has 1 fully saturated rings. The second kappa shape index (κ2) is 6.75. The molecule has 1 N–H and O–H groups in total. The van der Waals surface area contributed by atoms with E-state index in [1.165, 1.54) is 44.1 Å². The van der Waals surface area contributed by atoms with E-state index >= 15 is 0 Å². The average Bonchev–Trinajstić information content (AvgIpc) is 2.89. The molecule has 94 valence electrons. The average molecular weight is 232 g/mol. The van der Waals surface area contributed by atoms with Crippen molar-refractivity contribution < 1.29 is 0 Å². The predicted octanol–water partition coefficient (Wildman–Crippen LogP) is 3.18. The molecule has 0 spiro atoms. The van der Waals surface area contributed by atoms with Crippen LogP contribution in [-0.4, -0.2) is 18.1 Å². The first-order chi connectivity index (χ1) is 8.38. The molecule has 1 aliphatic carbocycles. The number of aromatic nitrogens is 1. The highest BCUT2D eigenvalue weighted by atomic mass is 14.9. The van der Waals surface area contributed by atoms with Gasteiger partial charge in [0.1, 0.15) is 0 Å². The highest BCUT2D eigenvalue weighted by Gasteiger charge is 2.16. The smallest absolute Gasteiger partial charge is 0.0300 e. The van der Waals surface area contributed by atoms with Gasteiger partial charge in [-0.1, -0.05) is 31.7 Å². The Balaban J connectivity index is 1.76. The number of hydrogen-bond acceptors (Lipinski definition) is 2.